The second-order valence-electron chi connectivity index (χ2n) is 10.0. The predicted molar refractivity (Wildman–Crippen MR) is 198 cm³/mol. The van der Waals surface area contributed by atoms with E-state index in [4.69, 9.17) is 44.3 Å². The minimum Gasteiger partial charge on any atom is -0.490 e. The number of hydrogen-bond donors (Lipinski definition) is 2. The molecule has 0 aliphatic rings. The topological polar surface area (TPSA) is 106 Å². The number of carbonyl (C=O) groups is 3. The van der Waals surface area contributed by atoms with E-state index in [1.807, 2.05) is 18.2 Å². The Balaban J connectivity index is 1.08. The highest BCUT2D eigenvalue weighted by Crippen LogP contribution is 2.39. The minimum absolute atomic E-state index is 0.199. The van der Waals surface area contributed by atoms with Gasteiger partial charge in [-0.1, -0.05) is 62.9 Å². The van der Waals surface area contributed by atoms with E-state index in [1.165, 1.54) is 28.9 Å². The third-order valence-corrected chi connectivity index (χ3v) is 10.9. The molecule has 2 aromatic heterocycles. The molecule has 242 valence electrons. The van der Waals surface area contributed by atoms with Crippen molar-refractivity contribution in [3.05, 3.63) is 119 Å². The molecule has 0 fully saturated rings. The Kier molecular flexibility index (Phi) is 10.4. The summed E-state index contributed by atoms with van der Waals surface area (Å²) in [5, 5.41) is 9.59. The van der Waals surface area contributed by atoms with E-state index in [2.05, 4.69) is 31.8 Å². The Morgan fingerprint density at radius 2 is 1.50 bits per heavy atom. The third kappa shape index (κ3) is 7.36. The van der Waals surface area contributed by atoms with Crippen LogP contribution in [0.1, 0.15) is 42.2 Å². The number of carbonyl (C=O) groups excluding carboxylic acids is 3. The van der Waals surface area contributed by atoms with Crippen LogP contribution in [-0.2, 0) is 0 Å². The SMILES string of the molecule is CCOc1cc(/C=N\NC(=O)c2ccc(NC(=O)c3sc4cc(Br)ccc4c3Cl)cc2)ccc1OC(=O)c1sc2cc(Cl)ccc2c1Cl. The van der Waals surface area contributed by atoms with E-state index in [9.17, 15) is 14.4 Å². The van der Waals surface area contributed by atoms with Gasteiger partial charge in [-0.15, -0.1) is 22.7 Å². The van der Waals surface area contributed by atoms with Crippen molar-refractivity contribution in [2.75, 3.05) is 11.9 Å². The van der Waals surface area contributed by atoms with Gasteiger partial charge in [0.15, 0.2) is 11.5 Å². The molecular formula is C34H21BrCl3N3O5S2. The first-order chi connectivity index (χ1) is 23.1. The molecular weight excluding hydrogens is 781 g/mol. The number of thiophene rings is 2. The lowest BCUT2D eigenvalue weighted by Gasteiger charge is -2.11. The molecule has 0 radical (unpaired) electrons. The summed E-state index contributed by atoms with van der Waals surface area (Å²) >= 11 is 24.9. The van der Waals surface area contributed by atoms with Crippen LogP contribution in [0, 0.1) is 0 Å². The van der Waals surface area contributed by atoms with Crippen LogP contribution >= 0.6 is 73.4 Å². The molecule has 6 rings (SSSR count). The van der Waals surface area contributed by atoms with E-state index < -0.39 is 11.9 Å². The van der Waals surface area contributed by atoms with Gasteiger partial charge in [-0.05, 0) is 79.2 Å². The average molecular weight is 802 g/mol. The maximum atomic E-state index is 13.0. The first-order valence-electron chi connectivity index (χ1n) is 14.1. The molecule has 4 aromatic carbocycles. The molecule has 0 atom stereocenters. The molecule has 0 aliphatic heterocycles. The number of amides is 2. The summed E-state index contributed by atoms with van der Waals surface area (Å²) in [7, 11) is 0. The number of nitrogens with one attached hydrogen (secondary N) is 2. The van der Waals surface area contributed by atoms with E-state index in [0.29, 0.717) is 54.5 Å². The fourth-order valence-corrected chi connectivity index (χ4v) is 8.21. The number of fused-ring (bicyclic) bond motifs is 2. The number of nitrogens with zero attached hydrogens (tertiary/aromatic N) is 1. The predicted octanol–water partition coefficient (Wildman–Crippen LogP) is 10.5. The van der Waals surface area contributed by atoms with Crippen molar-refractivity contribution in [3.63, 3.8) is 0 Å². The highest BCUT2D eigenvalue weighted by molar-refractivity contribution is 9.10. The molecule has 0 saturated heterocycles. The lowest BCUT2D eigenvalue weighted by atomic mass is 10.2. The third-order valence-electron chi connectivity index (χ3n) is 6.83. The molecule has 14 heteroatoms. The van der Waals surface area contributed by atoms with E-state index in [1.54, 1.807) is 67.6 Å². The van der Waals surface area contributed by atoms with Crippen molar-refractivity contribution >= 4 is 123 Å². The zero-order valence-electron chi connectivity index (χ0n) is 24.6. The quantitative estimate of drug-likeness (QED) is 0.0655. The van der Waals surface area contributed by atoms with Crippen LogP contribution in [0.2, 0.25) is 15.1 Å². The van der Waals surface area contributed by atoms with Crippen LogP contribution in [-0.4, -0.2) is 30.6 Å². The van der Waals surface area contributed by atoms with Crippen LogP contribution in [0.15, 0.2) is 88.4 Å². The van der Waals surface area contributed by atoms with Gasteiger partial charge in [0.05, 0.1) is 22.9 Å². The second-order valence-corrected chi connectivity index (χ2v) is 14.2. The number of hydrazone groups is 1. The Labute approximate surface area is 305 Å². The lowest BCUT2D eigenvalue weighted by Crippen LogP contribution is -2.17. The number of rotatable bonds is 9. The summed E-state index contributed by atoms with van der Waals surface area (Å²) in [5.41, 5.74) is 3.89. The molecule has 0 aliphatic carbocycles. The summed E-state index contributed by atoms with van der Waals surface area (Å²) in [6.07, 6.45) is 1.43. The van der Waals surface area contributed by atoms with Gasteiger partial charge >= 0.3 is 5.97 Å². The number of ether oxygens (including phenoxy) is 2. The summed E-state index contributed by atoms with van der Waals surface area (Å²) in [6, 6.07) is 22.1. The summed E-state index contributed by atoms with van der Waals surface area (Å²) in [4.78, 5) is 39.3. The van der Waals surface area contributed by atoms with E-state index >= 15 is 0 Å². The smallest absolute Gasteiger partial charge is 0.355 e. The van der Waals surface area contributed by atoms with Crippen LogP contribution in [0.25, 0.3) is 20.2 Å². The molecule has 48 heavy (non-hydrogen) atoms. The molecule has 2 N–H and O–H groups in total. The Bertz CT molecular complexity index is 2250. The van der Waals surface area contributed by atoms with Gasteiger partial charge in [0, 0.05) is 40.9 Å². The first kappa shape index (κ1) is 33.9. The number of halogens is 4. The number of hydrogen-bond acceptors (Lipinski definition) is 8. The Hall–Kier alpha value is -3.97. The highest BCUT2D eigenvalue weighted by atomic mass is 79.9. The standard InChI is InChI=1S/C34H21BrCl3N3O5S2/c1-2-45-25-13-17(3-12-24(25)46-34(44)31-29(38)23-11-7-20(36)15-27(23)48-31)16-39-41-32(42)18-4-8-21(9-5-18)40-33(43)30-28(37)22-10-6-19(35)14-26(22)47-30/h3-16H,2H2,1H3,(H,40,43)(H,41,42)/b39-16-. The molecule has 0 unspecified atom stereocenters. The van der Waals surface area contributed by atoms with Gasteiger partial charge in [0.2, 0.25) is 0 Å². The van der Waals surface area contributed by atoms with Crippen molar-refractivity contribution < 1.29 is 23.9 Å². The fraction of sp³-hybridized carbons (Fsp3) is 0.0588. The molecule has 2 heterocycles. The van der Waals surface area contributed by atoms with Crippen LogP contribution in [0.5, 0.6) is 11.5 Å². The lowest BCUT2D eigenvalue weighted by molar-refractivity contribution is 0.0733. The second kappa shape index (κ2) is 14.7. The average Bonchev–Trinajstić information content (AvgIpc) is 3.57. The van der Waals surface area contributed by atoms with Gasteiger partial charge in [-0.3, -0.25) is 9.59 Å². The van der Waals surface area contributed by atoms with E-state index in [-0.39, 0.29) is 16.5 Å². The summed E-state index contributed by atoms with van der Waals surface area (Å²) in [5.74, 6) is -0.928. The maximum Gasteiger partial charge on any atom is 0.355 e. The van der Waals surface area contributed by atoms with E-state index in [0.717, 1.165) is 19.3 Å². The normalized spacial score (nSPS) is 11.3. The first-order valence-corrected chi connectivity index (χ1v) is 17.7. The monoisotopic (exact) mass is 799 g/mol. The molecule has 6 aromatic rings. The molecule has 0 saturated carbocycles. The Morgan fingerprint density at radius 1 is 0.812 bits per heavy atom. The number of anilines is 1. The fourth-order valence-electron chi connectivity index (χ4n) is 4.58. The molecule has 0 bridgehead atoms. The number of esters is 1. The van der Waals surface area contributed by atoms with Crippen molar-refractivity contribution in [1.29, 1.82) is 0 Å². The number of benzene rings is 4. The van der Waals surface area contributed by atoms with Crippen LogP contribution < -0.4 is 20.2 Å². The molecule has 8 nitrogen and oxygen atoms in total. The van der Waals surface area contributed by atoms with Gasteiger partial charge < -0.3 is 14.8 Å². The zero-order chi connectivity index (χ0) is 33.9. The van der Waals surface area contributed by atoms with Crippen molar-refractivity contribution in [2.45, 2.75) is 6.92 Å². The van der Waals surface area contributed by atoms with Gasteiger partial charge in [0.25, 0.3) is 11.8 Å². The van der Waals surface area contributed by atoms with Gasteiger partial charge in [-0.25, -0.2) is 10.2 Å². The minimum atomic E-state index is -0.630. The Morgan fingerprint density at radius 3 is 2.25 bits per heavy atom. The summed E-state index contributed by atoms with van der Waals surface area (Å²) < 4.78 is 13.9. The highest BCUT2D eigenvalue weighted by Gasteiger charge is 2.21. The molecule has 2 amide bonds. The van der Waals surface area contributed by atoms with Gasteiger partial charge in [0.1, 0.15) is 9.75 Å². The van der Waals surface area contributed by atoms with Crippen LogP contribution in [0.4, 0.5) is 5.69 Å². The van der Waals surface area contributed by atoms with Crippen LogP contribution in [0.3, 0.4) is 0 Å². The maximum absolute atomic E-state index is 13.0. The summed E-state index contributed by atoms with van der Waals surface area (Å²) in [6.45, 7) is 2.11. The van der Waals surface area contributed by atoms with Crippen molar-refractivity contribution in [1.82, 2.24) is 5.43 Å². The van der Waals surface area contributed by atoms with Gasteiger partial charge in [-0.2, -0.15) is 5.10 Å². The zero-order valence-corrected chi connectivity index (χ0v) is 30.1. The molecule has 0 spiro atoms. The van der Waals surface area contributed by atoms with Crippen molar-refractivity contribution in [2.24, 2.45) is 5.10 Å². The van der Waals surface area contributed by atoms with Crippen molar-refractivity contribution in [3.8, 4) is 11.5 Å². The largest absolute Gasteiger partial charge is 0.490 e.